The Kier molecular flexibility index (Phi) is 3.53. The summed E-state index contributed by atoms with van der Waals surface area (Å²) < 4.78 is 0. The molecule has 1 aromatic rings. The van der Waals surface area contributed by atoms with Crippen molar-refractivity contribution in [1.29, 1.82) is 5.41 Å². The Balaban J connectivity index is 0.000000980. The Bertz CT molecular complexity index is 336. The highest BCUT2D eigenvalue weighted by Crippen LogP contribution is 2.24. The average molecular weight is 211 g/mol. The smallest absolute Gasteiger partial charge is 0.100 e. The topological polar surface area (TPSA) is 27.1 Å². The van der Waals surface area contributed by atoms with Crippen LogP contribution in [0.4, 0.5) is 5.69 Å². The number of anilines is 1. The van der Waals surface area contributed by atoms with Gasteiger partial charge in [0, 0.05) is 18.7 Å². The first-order valence-electron chi connectivity index (χ1n) is 4.69. The fourth-order valence-electron chi connectivity index (χ4n) is 1.81. The largest absolute Gasteiger partial charge is 0.330 e. The molecule has 1 saturated heterocycles. The molecule has 1 aliphatic rings. The third-order valence-electron chi connectivity index (χ3n) is 2.53. The summed E-state index contributed by atoms with van der Waals surface area (Å²) in [7, 11) is 0. The third-order valence-corrected chi connectivity index (χ3v) is 2.53. The number of benzene rings is 1. The molecule has 0 unspecified atom stereocenters. The highest BCUT2D eigenvalue weighted by molar-refractivity contribution is 5.98. The van der Waals surface area contributed by atoms with Gasteiger partial charge in [-0.1, -0.05) is 18.2 Å². The summed E-state index contributed by atoms with van der Waals surface area (Å²) in [6.07, 6.45) is 2.04. The molecule has 0 spiro atoms. The van der Waals surface area contributed by atoms with Gasteiger partial charge in [-0.25, -0.2) is 0 Å². The summed E-state index contributed by atoms with van der Waals surface area (Å²) in [6, 6.07) is 8.27. The van der Waals surface area contributed by atoms with E-state index in [0.29, 0.717) is 0 Å². The molecule has 1 N–H and O–H groups in total. The maximum absolute atomic E-state index is 7.77. The van der Waals surface area contributed by atoms with Gasteiger partial charge >= 0.3 is 0 Å². The maximum Gasteiger partial charge on any atom is 0.100 e. The molecular weight excluding hydrogens is 196 g/mol. The lowest BCUT2D eigenvalue weighted by Gasteiger charge is -2.19. The van der Waals surface area contributed by atoms with E-state index in [9.17, 15) is 0 Å². The second kappa shape index (κ2) is 4.47. The molecule has 0 bridgehead atoms. The maximum atomic E-state index is 7.77. The SMILES string of the molecule is Cc1ccccc1N1CCCC1=N.Cl. The predicted molar refractivity (Wildman–Crippen MR) is 62.7 cm³/mol. The van der Waals surface area contributed by atoms with Gasteiger partial charge in [0.05, 0.1) is 0 Å². The summed E-state index contributed by atoms with van der Waals surface area (Å²) >= 11 is 0. The van der Waals surface area contributed by atoms with Crippen molar-refractivity contribution in [1.82, 2.24) is 0 Å². The van der Waals surface area contributed by atoms with Gasteiger partial charge < -0.3 is 4.90 Å². The highest BCUT2D eigenvalue weighted by atomic mass is 35.5. The van der Waals surface area contributed by atoms with Crippen LogP contribution >= 0.6 is 12.4 Å². The lowest BCUT2D eigenvalue weighted by atomic mass is 10.2. The molecule has 2 rings (SSSR count). The minimum absolute atomic E-state index is 0. The van der Waals surface area contributed by atoms with Crippen LogP contribution in [0.5, 0.6) is 0 Å². The van der Waals surface area contributed by atoms with Crippen molar-refractivity contribution in [3.8, 4) is 0 Å². The van der Waals surface area contributed by atoms with Crippen LogP contribution < -0.4 is 4.90 Å². The van der Waals surface area contributed by atoms with E-state index in [0.717, 1.165) is 25.2 Å². The minimum atomic E-state index is 0. The van der Waals surface area contributed by atoms with Crippen LogP contribution in [0.1, 0.15) is 18.4 Å². The Morgan fingerprint density at radius 2 is 2.00 bits per heavy atom. The van der Waals surface area contributed by atoms with E-state index in [1.54, 1.807) is 0 Å². The van der Waals surface area contributed by atoms with Crippen LogP contribution in [-0.2, 0) is 0 Å². The molecule has 1 fully saturated rings. The summed E-state index contributed by atoms with van der Waals surface area (Å²) in [5, 5.41) is 7.77. The van der Waals surface area contributed by atoms with Crippen LogP contribution in [0.2, 0.25) is 0 Å². The Morgan fingerprint density at radius 1 is 1.29 bits per heavy atom. The van der Waals surface area contributed by atoms with Crippen molar-refractivity contribution in [3.05, 3.63) is 29.8 Å². The van der Waals surface area contributed by atoms with Crippen molar-refractivity contribution in [2.24, 2.45) is 0 Å². The number of hydrogen-bond acceptors (Lipinski definition) is 1. The van der Waals surface area contributed by atoms with Gasteiger partial charge in [-0.3, -0.25) is 5.41 Å². The van der Waals surface area contributed by atoms with Crippen molar-refractivity contribution < 1.29 is 0 Å². The van der Waals surface area contributed by atoms with E-state index in [4.69, 9.17) is 5.41 Å². The number of nitrogens with one attached hydrogen (secondary N) is 1. The fourth-order valence-corrected chi connectivity index (χ4v) is 1.81. The van der Waals surface area contributed by atoms with Crippen LogP contribution in [0.3, 0.4) is 0 Å². The average Bonchev–Trinajstić information content (AvgIpc) is 2.52. The molecule has 1 aliphatic heterocycles. The van der Waals surface area contributed by atoms with Crippen LogP contribution in [-0.4, -0.2) is 12.4 Å². The Hall–Kier alpha value is -1.02. The van der Waals surface area contributed by atoms with Gasteiger partial charge in [0.15, 0.2) is 0 Å². The van der Waals surface area contributed by atoms with Gasteiger partial charge in [-0.15, -0.1) is 12.4 Å². The second-order valence-electron chi connectivity index (χ2n) is 3.49. The predicted octanol–water partition coefficient (Wildman–Crippen LogP) is 2.99. The van der Waals surface area contributed by atoms with E-state index in [1.807, 2.05) is 12.1 Å². The minimum Gasteiger partial charge on any atom is -0.330 e. The molecule has 1 aromatic carbocycles. The first-order chi connectivity index (χ1) is 6.29. The molecule has 0 saturated carbocycles. The number of hydrogen-bond donors (Lipinski definition) is 1. The molecule has 1 heterocycles. The molecular formula is C11H15ClN2. The number of halogens is 1. The van der Waals surface area contributed by atoms with E-state index < -0.39 is 0 Å². The molecule has 76 valence electrons. The zero-order chi connectivity index (χ0) is 9.26. The zero-order valence-corrected chi connectivity index (χ0v) is 9.10. The first kappa shape index (κ1) is 11.1. The summed E-state index contributed by atoms with van der Waals surface area (Å²) in [5.41, 5.74) is 2.46. The molecule has 0 aliphatic carbocycles. The Labute approximate surface area is 90.8 Å². The van der Waals surface area contributed by atoms with Crippen molar-refractivity contribution in [3.63, 3.8) is 0 Å². The zero-order valence-electron chi connectivity index (χ0n) is 8.29. The lowest BCUT2D eigenvalue weighted by molar-refractivity contribution is 0.954. The van der Waals surface area contributed by atoms with Crippen LogP contribution in [0.25, 0.3) is 0 Å². The quantitative estimate of drug-likeness (QED) is 0.758. The molecule has 0 amide bonds. The molecule has 0 radical (unpaired) electrons. The van der Waals surface area contributed by atoms with Gasteiger partial charge in [0.25, 0.3) is 0 Å². The number of para-hydroxylation sites is 1. The normalized spacial score (nSPS) is 15.5. The molecule has 14 heavy (non-hydrogen) atoms. The molecule has 0 atom stereocenters. The van der Waals surface area contributed by atoms with Gasteiger partial charge in [0.1, 0.15) is 5.84 Å². The van der Waals surface area contributed by atoms with Gasteiger partial charge in [-0.2, -0.15) is 0 Å². The third kappa shape index (κ3) is 1.90. The van der Waals surface area contributed by atoms with Crippen molar-refractivity contribution in [2.75, 3.05) is 11.4 Å². The molecule has 3 heteroatoms. The first-order valence-corrected chi connectivity index (χ1v) is 4.69. The van der Waals surface area contributed by atoms with E-state index in [-0.39, 0.29) is 12.4 Å². The number of amidine groups is 1. The van der Waals surface area contributed by atoms with Crippen molar-refractivity contribution in [2.45, 2.75) is 19.8 Å². The second-order valence-corrected chi connectivity index (χ2v) is 3.49. The van der Waals surface area contributed by atoms with Crippen LogP contribution in [0.15, 0.2) is 24.3 Å². The van der Waals surface area contributed by atoms with E-state index >= 15 is 0 Å². The number of nitrogens with zero attached hydrogens (tertiary/aromatic N) is 1. The monoisotopic (exact) mass is 210 g/mol. The Morgan fingerprint density at radius 3 is 2.57 bits per heavy atom. The summed E-state index contributed by atoms with van der Waals surface area (Å²) in [6.45, 7) is 3.10. The summed E-state index contributed by atoms with van der Waals surface area (Å²) in [4.78, 5) is 2.11. The summed E-state index contributed by atoms with van der Waals surface area (Å²) in [5.74, 6) is 0.759. The molecule has 0 aromatic heterocycles. The van der Waals surface area contributed by atoms with E-state index in [2.05, 4.69) is 24.0 Å². The van der Waals surface area contributed by atoms with Gasteiger partial charge in [-0.05, 0) is 25.0 Å². The standard InChI is InChI=1S/C11H14N2.ClH/c1-9-5-2-3-6-10(9)13-8-4-7-11(13)12;/h2-3,5-6,12H,4,7-8H2,1H3;1H. The van der Waals surface area contributed by atoms with Crippen LogP contribution in [0, 0.1) is 12.3 Å². The molecule has 2 nitrogen and oxygen atoms in total. The lowest BCUT2D eigenvalue weighted by Crippen LogP contribution is -2.23. The van der Waals surface area contributed by atoms with Gasteiger partial charge in [0.2, 0.25) is 0 Å². The van der Waals surface area contributed by atoms with Crippen molar-refractivity contribution >= 4 is 23.9 Å². The fraction of sp³-hybridized carbons (Fsp3) is 0.364. The van der Waals surface area contributed by atoms with E-state index in [1.165, 1.54) is 11.3 Å². The number of rotatable bonds is 1. The highest BCUT2D eigenvalue weighted by Gasteiger charge is 2.18. The number of aryl methyl sites for hydroxylation is 1.